The molecule has 0 saturated carbocycles. The number of fused-ring (bicyclic) bond motifs is 1. The van der Waals surface area contributed by atoms with E-state index in [1.54, 1.807) is 0 Å². The van der Waals surface area contributed by atoms with Crippen molar-refractivity contribution in [3.63, 3.8) is 0 Å². The van der Waals surface area contributed by atoms with Crippen molar-refractivity contribution >= 4 is 29.3 Å². The number of rotatable bonds is 5. The molecular formula is C17H25ClN4O2. The van der Waals surface area contributed by atoms with Gasteiger partial charge in [0.25, 0.3) is 0 Å². The van der Waals surface area contributed by atoms with Crippen LogP contribution in [0.3, 0.4) is 0 Å². The van der Waals surface area contributed by atoms with Crippen molar-refractivity contribution in [3.05, 3.63) is 34.2 Å². The summed E-state index contributed by atoms with van der Waals surface area (Å²) in [6.45, 7) is 1.40. The lowest BCUT2D eigenvalue weighted by molar-refractivity contribution is -0.134. The van der Waals surface area contributed by atoms with Crippen LogP contribution in [0.5, 0.6) is 0 Å². The molecule has 2 heterocycles. The summed E-state index contributed by atoms with van der Waals surface area (Å²) in [5, 5.41) is 0. The molecule has 0 radical (unpaired) electrons. The van der Waals surface area contributed by atoms with E-state index in [0.717, 1.165) is 48.8 Å². The number of nitrogens with two attached hydrogens (primary N) is 1. The molecule has 3 rings (SSSR count). The zero-order valence-electron chi connectivity index (χ0n) is 13.7. The number of imidazole rings is 1. The highest BCUT2D eigenvalue weighted by Gasteiger charge is 2.24. The number of H-pyrrole nitrogens is 2. The van der Waals surface area contributed by atoms with Crippen molar-refractivity contribution in [1.29, 1.82) is 0 Å². The lowest BCUT2D eigenvalue weighted by Crippen LogP contribution is -2.47. The Morgan fingerprint density at radius 1 is 1.25 bits per heavy atom. The Bertz CT molecular complexity index is 740. The number of aromatic nitrogens is 2. The van der Waals surface area contributed by atoms with Gasteiger partial charge in [-0.15, -0.1) is 12.4 Å². The maximum absolute atomic E-state index is 12.4. The number of carbonyl (C=O) groups excluding carboxylic acids is 1. The minimum Gasteiger partial charge on any atom is -0.338 e. The van der Waals surface area contributed by atoms with E-state index in [-0.39, 0.29) is 30.0 Å². The summed E-state index contributed by atoms with van der Waals surface area (Å²) in [6, 6.07) is 6.10. The summed E-state index contributed by atoms with van der Waals surface area (Å²) in [7, 11) is 0. The molecule has 4 N–H and O–H groups in total. The number of carbonyl (C=O) groups is 1. The van der Waals surface area contributed by atoms with Crippen LogP contribution in [-0.2, 0) is 11.2 Å². The fourth-order valence-corrected chi connectivity index (χ4v) is 3.40. The minimum absolute atomic E-state index is 0. The predicted molar refractivity (Wildman–Crippen MR) is 97.5 cm³/mol. The number of benzene rings is 1. The zero-order valence-corrected chi connectivity index (χ0v) is 14.5. The van der Waals surface area contributed by atoms with Crippen molar-refractivity contribution in [2.75, 3.05) is 13.1 Å². The Balaban J connectivity index is 0.00000208. The van der Waals surface area contributed by atoms with Crippen LogP contribution in [0.25, 0.3) is 11.0 Å². The molecule has 0 aliphatic carbocycles. The molecule has 1 aliphatic heterocycles. The Hall–Kier alpha value is -1.79. The second kappa shape index (κ2) is 8.35. The van der Waals surface area contributed by atoms with Gasteiger partial charge in [-0.3, -0.25) is 4.79 Å². The lowest BCUT2D eigenvalue weighted by Gasteiger charge is -2.35. The standard InChI is InChI=1S/C17H24N4O2.ClH/c18-11-13-5-1-2-9-21(13)16(22)6-3-4-12-7-8-14-15(10-12)20-17(23)19-14;/h7-8,10,13H,1-6,9,11,18H2,(H2,19,20,23);1H. The molecule has 0 bridgehead atoms. The zero-order chi connectivity index (χ0) is 16.2. The second-order valence-electron chi connectivity index (χ2n) is 6.29. The SMILES string of the molecule is Cl.NCC1CCCCN1C(=O)CCCc1ccc2[nH]c(=O)[nH]c2c1. The second-order valence-corrected chi connectivity index (χ2v) is 6.29. The van der Waals surface area contributed by atoms with Gasteiger partial charge in [0.1, 0.15) is 0 Å². The number of hydrogen-bond acceptors (Lipinski definition) is 3. The number of hydrogen-bond donors (Lipinski definition) is 3. The number of amides is 1. The molecule has 7 heteroatoms. The van der Waals surface area contributed by atoms with Gasteiger partial charge in [0.2, 0.25) is 5.91 Å². The molecule has 1 aromatic heterocycles. The molecule has 6 nitrogen and oxygen atoms in total. The van der Waals surface area contributed by atoms with Gasteiger partial charge in [-0.2, -0.15) is 0 Å². The van der Waals surface area contributed by atoms with Crippen molar-refractivity contribution in [3.8, 4) is 0 Å². The van der Waals surface area contributed by atoms with E-state index in [2.05, 4.69) is 9.97 Å². The first-order valence-corrected chi connectivity index (χ1v) is 8.38. The largest absolute Gasteiger partial charge is 0.338 e. The number of piperidine rings is 1. The number of aromatic amines is 2. The maximum Gasteiger partial charge on any atom is 0.323 e. The third kappa shape index (κ3) is 4.19. The summed E-state index contributed by atoms with van der Waals surface area (Å²) in [6.07, 6.45) is 5.47. The number of halogens is 1. The van der Waals surface area contributed by atoms with Crippen LogP contribution < -0.4 is 11.4 Å². The average molecular weight is 353 g/mol. The predicted octanol–water partition coefficient (Wildman–Crippen LogP) is 1.94. The van der Waals surface area contributed by atoms with Crippen molar-refractivity contribution < 1.29 is 4.79 Å². The van der Waals surface area contributed by atoms with Crippen molar-refractivity contribution in [1.82, 2.24) is 14.9 Å². The monoisotopic (exact) mass is 352 g/mol. The first-order valence-electron chi connectivity index (χ1n) is 8.38. The molecule has 1 fully saturated rings. The molecule has 2 aromatic rings. The van der Waals surface area contributed by atoms with Crippen LogP contribution in [0.15, 0.2) is 23.0 Å². The minimum atomic E-state index is -0.190. The molecule has 1 amide bonds. The smallest absolute Gasteiger partial charge is 0.323 e. The highest BCUT2D eigenvalue weighted by atomic mass is 35.5. The van der Waals surface area contributed by atoms with Gasteiger partial charge in [-0.05, 0) is 49.8 Å². The van der Waals surface area contributed by atoms with E-state index < -0.39 is 0 Å². The van der Waals surface area contributed by atoms with E-state index in [9.17, 15) is 9.59 Å². The number of nitrogens with zero attached hydrogens (tertiary/aromatic N) is 1. The van der Waals surface area contributed by atoms with E-state index in [0.29, 0.717) is 13.0 Å². The summed E-state index contributed by atoms with van der Waals surface area (Å²) < 4.78 is 0. The van der Waals surface area contributed by atoms with Crippen molar-refractivity contribution in [2.45, 2.75) is 44.6 Å². The Morgan fingerprint density at radius 2 is 2.04 bits per heavy atom. The Morgan fingerprint density at radius 3 is 2.83 bits per heavy atom. The van der Waals surface area contributed by atoms with E-state index >= 15 is 0 Å². The number of aryl methyl sites for hydroxylation is 1. The van der Waals surface area contributed by atoms with Gasteiger partial charge < -0.3 is 20.6 Å². The quantitative estimate of drug-likeness (QED) is 0.767. The fraction of sp³-hybridized carbons (Fsp3) is 0.529. The first kappa shape index (κ1) is 18.5. The van der Waals surface area contributed by atoms with Gasteiger partial charge in [-0.1, -0.05) is 6.07 Å². The Kier molecular flexibility index (Phi) is 6.45. The van der Waals surface area contributed by atoms with Crippen molar-refractivity contribution in [2.24, 2.45) is 5.73 Å². The fourth-order valence-electron chi connectivity index (χ4n) is 3.40. The van der Waals surface area contributed by atoms with E-state index in [4.69, 9.17) is 5.73 Å². The molecular weight excluding hydrogens is 328 g/mol. The summed E-state index contributed by atoms with van der Waals surface area (Å²) in [5.41, 5.74) is 8.36. The van der Waals surface area contributed by atoms with E-state index in [1.807, 2.05) is 23.1 Å². The van der Waals surface area contributed by atoms with Crippen LogP contribution in [0.2, 0.25) is 0 Å². The lowest BCUT2D eigenvalue weighted by atomic mass is 10.0. The summed E-state index contributed by atoms with van der Waals surface area (Å²) in [5.74, 6) is 0.219. The van der Waals surface area contributed by atoms with Gasteiger partial charge in [0.15, 0.2) is 0 Å². The summed E-state index contributed by atoms with van der Waals surface area (Å²) >= 11 is 0. The molecule has 1 atom stereocenters. The first-order chi connectivity index (χ1) is 11.2. The van der Waals surface area contributed by atoms with Crippen LogP contribution in [0.4, 0.5) is 0 Å². The molecule has 1 aliphatic rings. The maximum atomic E-state index is 12.4. The Labute approximate surface area is 147 Å². The summed E-state index contributed by atoms with van der Waals surface area (Å²) in [4.78, 5) is 31.1. The molecule has 1 saturated heterocycles. The number of likely N-dealkylation sites (tertiary alicyclic amines) is 1. The van der Waals surface area contributed by atoms with Gasteiger partial charge in [0, 0.05) is 25.6 Å². The third-order valence-corrected chi connectivity index (χ3v) is 4.66. The highest BCUT2D eigenvalue weighted by Crippen LogP contribution is 2.18. The molecule has 0 spiro atoms. The van der Waals surface area contributed by atoms with Crippen LogP contribution in [0, 0.1) is 0 Å². The molecule has 1 unspecified atom stereocenters. The third-order valence-electron chi connectivity index (χ3n) is 4.66. The number of nitrogens with one attached hydrogen (secondary N) is 2. The van der Waals surface area contributed by atoms with Gasteiger partial charge >= 0.3 is 5.69 Å². The average Bonchev–Trinajstić information content (AvgIpc) is 2.94. The topological polar surface area (TPSA) is 95.0 Å². The molecule has 132 valence electrons. The van der Waals surface area contributed by atoms with E-state index in [1.165, 1.54) is 6.42 Å². The normalized spacial score (nSPS) is 17.7. The van der Waals surface area contributed by atoms with Gasteiger partial charge in [-0.25, -0.2) is 4.79 Å². The molecule has 24 heavy (non-hydrogen) atoms. The van der Waals surface area contributed by atoms with Crippen LogP contribution in [-0.4, -0.2) is 39.9 Å². The van der Waals surface area contributed by atoms with Gasteiger partial charge in [0.05, 0.1) is 11.0 Å². The molecule has 1 aromatic carbocycles. The van der Waals surface area contributed by atoms with Crippen LogP contribution >= 0.6 is 12.4 Å². The van der Waals surface area contributed by atoms with Crippen LogP contribution in [0.1, 0.15) is 37.7 Å². The highest BCUT2D eigenvalue weighted by molar-refractivity contribution is 5.85.